The number of carbonyl (C=O) groups is 1. The van der Waals surface area contributed by atoms with E-state index in [1.165, 1.54) is 5.56 Å². The summed E-state index contributed by atoms with van der Waals surface area (Å²) in [5.41, 5.74) is 1.10. The molecule has 1 aliphatic carbocycles. The maximum Gasteiger partial charge on any atom is 0.168 e. The van der Waals surface area contributed by atoms with Crippen molar-refractivity contribution in [3.05, 3.63) is 35.9 Å². The second kappa shape index (κ2) is 7.12. The van der Waals surface area contributed by atoms with Crippen LogP contribution in [0, 0.1) is 5.41 Å². The summed E-state index contributed by atoms with van der Waals surface area (Å²) in [5.74, 6) is -0.155. The zero-order chi connectivity index (χ0) is 16.2. The van der Waals surface area contributed by atoms with E-state index >= 15 is 0 Å². The van der Waals surface area contributed by atoms with E-state index in [1.54, 1.807) is 6.92 Å². The van der Waals surface area contributed by atoms with Crippen molar-refractivity contribution >= 4 is 5.78 Å². The Morgan fingerprint density at radius 1 is 1.09 bits per heavy atom. The van der Waals surface area contributed by atoms with Gasteiger partial charge in [0.1, 0.15) is 5.78 Å². The van der Waals surface area contributed by atoms with Crippen molar-refractivity contribution in [2.45, 2.75) is 51.4 Å². The molecule has 1 aromatic carbocycles. The van der Waals surface area contributed by atoms with Crippen molar-refractivity contribution in [1.29, 1.82) is 0 Å². The number of benzene rings is 1. The van der Waals surface area contributed by atoms with Crippen molar-refractivity contribution < 1.29 is 19.0 Å². The first kappa shape index (κ1) is 16.6. The van der Waals surface area contributed by atoms with Crippen LogP contribution in [0.4, 0.5) is 0 Å². The molecule has 4 heteroatoms. The Bertz CT molecular complexity index is 509. The van der Waals surface area contributed by atoms with Crippen LogP contribution in [0.3, 0.4) is 0 Å². The predicted molar refractivity (Wildman–Crippen MR) is 86.9 cm³/mol. The molecule has 4 nitrogen and oxygen atoms in total. The van der Waals surface area contributed by atoms with Gasteiger partial charge >= 0.3 is 0 Å². The molecule has 1 saturated carbocycles. The van der Waals surface area contributed by atoms with E-state index < -0.39 is 0 Å². The van der Waals surface area contributed by atoms with Crippen LogP contribution in [0.1, 0.15) is 44.6 Å². The fourth-order valence-corrected chi connectivity index (χ4v) is 3.81. The van der Waals surface area contributed by atoms with Gasteiger partial charge in [0.15, 0.2) is 5.79 Å². The molecule has 1 heterocycles. The molecular formula is C19H26O4. The van der Waals surface area contributed by atoms with Crippen LogP contribution in [0.15, 0.2) is 30.3 Å². The number of ketones is 1. The van der Waals surface area contributed by atoms with Gasteiger partial charge in [-0.2, -0.15) is 0 Å². The summed E-state index contributed by atoms with van der Waals surface area (Å²) in [5, 5.41) is 0. The summed E-state index contributed by atoms with van der Waals surface area (Å²) in [6, 6.07) is 10.2. The predicted octanol–water partition coefficient (Wildman–Crippen LogP) is 3.49. The van der Waals surface area contributed by atoms with E-state index in [2.05, 4.69) is 12.1 Å². The highest BCUT2D eigenvalue weighted by molar-refractivity contribution is 5.76. The summed E-state index contributed by atoms with van der Waals surface area (Å²) < 4.78 is 17.6. The highest BCUT2D eigenvalue weighted by Crippen LogP contribution is 2.47. The minimum absolute atomic E-state index is 0.0683. The van der Waals surface area contributed by atoms with Crippen molar-refractivity contribution in [3.63, 3.8) is 0 Å². The largest absolute Gasteiger partial charge is 0.376 e. The third-order valence-electron chi connectivity index (χ3n) is 5.03. The molecule has 1 spiro atoms. The number of hydrogen-bond acceptors (Lipinski definition) is 4. The molecule has 0 amide bonds. The minimum atomic E-state index is -0.389. The third kappa shape index (κ3) is 4.19. The van der Waals surface area contributed by atoms with Gasteiger partial charge in [-0.15, -0.1) is 0 Å². The van der Waals surface area contributed by atoms with Crippen LogP contribution in [0.5, 0.6) is 0 Å². The first-order valence-electron chi connectivity index (χ1n) is 8.51. The van der Waals surface area contributed by atoms with Crippen molar-refractivity contribution in [2.24, 2.45) is 5.41 Å². The molecule has 0 bridgehead atoms. The van der Waals surface area contributed by atoms with Gasteiger partial charge in [0.2, 0.25) is 0 Å². The van der Waals surface area contributed by atoms with E-state index in [0.29, 0.717) is 32.8 Å². The molecule has 2 fully saturated rings. The number of carbonyl (C=O) groups excluding carboxylic acids is 1. The molecule has 1 aliphatic heterocycles. The zero-order valence-corrected chi connectivity index (χ0v) is 13.9. The molecule has 1 saturated heterocycles. The molecule has 0 unspecified atom stereocenters. The normalized spacial score (nSPS) is 22.3. The minimum Gasteiger partial charge on any atom is -0.376 e. The highest BCUT2D eigenvalue weighted by atomic mass is 16.7. The lowest BCUT2D eigenvalue weighted by molar-refractivity contribution is -0.197. The van der Waals surface area contributed by atoms with Gasteiger partial charge in [0, 0.05) is 24.7 Å². The lowest BCUT2D eigenvalue weighted by Gasteiger charge is -2.43. The molecule has 0 aromatic heterocycles. The molecule has 2 aliphatic rings. The Morgan fingerprint density at radius 3 is 2.35 bits per heavy atom. The molecule has 23 heavy (non-hydrogen) atoms. The van der Waals surface area contributed by atoms with Crippen LogP contribution in [-0.2, 0) is 25.6 Å². The van der Waals surface area contributed by atoms with Crippen LogP contribution >= 0.6 is 0 Å². The maximum absolute atomic E-state index is 11.7. The Hall–Kier alpha value is -1.23. The van der Waals surface area contributed by atoms with E-state index in [0.717, 1.165) is 25.7 Å². The standard InChI is InChI=1S/C19H26O4/c1-16(20)13-18(15-21-14-17-5-3-2-4-6-17)7-9-19(10-8-18)22-11-12-23-19/h2-6H,7-15H2,1H3. The van der Waals surface area contributed by atoms with Gasteiger partial charge in [-0.1, -0.05) is 30.3 Å². The van der Waals surface area contributed by atoms with Crippen LogP contribution < -0.4 is 0 Å². The van der Waals surface area contributed by atoms with Gasteiger partial charge in [0.05, 0.1) is 26.4 Å². The maximum atomic E-state index is 11.7. The van der Waals surface area contributed by atoms with E-state index in [9.17, 15) is 4.79 Å². The molecule has 0 radical (unpaired) electrons. The number of rotatable bonds is 6. The molecule has 0 atom stereocenters. The van der Waals surface area contributed by atoms with Gasteiger partial charge in [-0.25, -0.2) is 0 Å². The summed E-state index contributed by atoms with van der Waals surface area (Å²) in [6.07, 6.45) is 4.13. The van der Waals surface area contributed by atoms with Gasteiger partial charge in [-0.3, -0.25) is 0 Å². The quantitative estimate of drug-likeness (QED) is 0.805. The molecule has 3 rings (SSSR count). The van der Waals surface area contributed by atoms with Crippen molar-refractivity contribution in [1.82, 2.24) is 0 Å². The third-order valence-corrected chi connectivity index (χ3v) is 5.03. The first-order chi connectivity index (χ1) is 11.1. The number of ether oxygens (including phenoxy) is 3. The van der Waals surface area contributed by atoms with Gasteiger partial charge in [0.25, 0.3) is 0 Å². The number of hydrogen-bond donors (Lipinski definition) is 0. The summed E-state index contributed by atoms with van der Waals surface area (Å²) in [6.45, 7) is 4.26. The first-order valence-corrected chi connectivity index (χ1v) is 8.51. The van der Waals surface area contributed by atoms with Crippen LogP contribution in [-0.4, -0.2) is 31.4 Å². The summed E-state index contributed by atoms with van der Waals surface area (Å²) in [4.78, 5) is 11.7. The van der Waals surface area contributed by atoms with E-state index in [4.69, 9.17) is 14.2 Å². The Kier molecular flexibility index (Phi) is 5.14. The Morgan fingerprint density at radius 2 is 1.74 bits per heavy atom. The second-order valence-electron chi connectivity index (χ2n) is 6.96. The fourth-order valence-electron chi connectivity index (χ4n) is 3.81. The molecular weight excluding hydrogens is 292 g/mol. The average molecular weight is 318 g/mol. The van der Waals surface area contributed by atoms with Gasteiger partial charge in [-0.05, 0) is 25.3 Å². The van der Waals surface area contributed by atoms with E-state index in [-0.39, 0.29) is 17.0 Å². The lowest BCUT2D eigenvalue weighted by atomic mass is 9.69. The van der Waals surface area contributed by atoms with Crippen LogP contribution in [0.2, 0.25) is 0 Å². The summed E-state index contributed by atoms with van der Waals surface area (Å²) >= 11 is 0. The van der Waals surface area contributed by atoms with Gasteiger partial charge < -0.3 is 19.0 Å². The van der Waals surface area contributed by atoms with Crippen molar-refractivity contribution in [2.75, 3.05) is 19.8 Å². The highest BCUT2D eigenvalue weighted by Gasteiger charge is 2.46. The summed E-state index contributed by atoms with van der Waals surface area (Å²) in [7, 11) is 0. The lowest BCUT2D eigenvalue weighted by Crippen LogP contribution is -2.42. The van der Waals surface area contributed by atoms with Crippen LogP contribution in [0.25, 0.3) is 0 Å². The molecule has 126 valence electrons. The zero-order valence-electron chi connectivity index (χ0n) is 13.9. The molecule has 1 aromatic rings. The fraction of sp³-hybridized carbons (Fsp3) is 0.632. The monoisotopic (exact) mass is 318 g/mol. The second-order valence-corrected chi connectivity index (χ2v) is 6.96. The van der Waals surface area contributed by atoms with E-state index in [1.807, 2.05) is 18.2 Å². The van der Waals surface area contributed by atoms with Crippen molar-refractivity contribution in [3.8, 4) is 0 Å². The molecule has 0 N–H and O–H groups in total. The Balaban J connectivity index is 1.58. The SMILES string of the molecule is CC(=O)CC1(COCc2ccccc2)CCC2(CC1)OCCO2. The average Bonchev–Trinajstić information content (AvgIpc) is 3.00. The number of Topliss-reactive ketones (excluding diaryl/α,β-unsaturated/α-hetero) is 1. The topological polar surface area (TPSA) is 44.8 Å². The Labute approximate surface area is 138 Å². The smallest absolute Gasteiger partial charge is 0.168 e.